The third-order valence-electron chi connectivity index (χ3n) is 5.31. The fourth-order valence-electron chi connectivity index (χ4n) is 3.57. The highest BCUT2D eigenvalue weighted by molar-refractivity contribution is 7.71. The van der Waals surface area contributed by atoms with Gasteiger partial charge >= 0.3 is 0 Å². The van der Waals surface area contributed by atoms with Gasteiger partial charge in [0.25, 0.3) is 5.56 Å². The molecule has 1 aliphatic carbocycles. The first-order valence-electron chi connectivity index (χ1n) is 10.2. The van der Waals surface area contributed by atoms with Gasteiger partial charge < -0.3 is 10.3 Å². The Labute approximate surface area is 183 Å². The molecular weight excluding hydrogens is 420 g/mol. The van der Waals surface area contributed by atoms with Crippen LogP contribution in [0.2, 0.25) is 0 Å². The molecule has 0 radical (unpaired) electrons. The molecule has 2 aromatic heterocycles. The van der Waals surface area contributed by atoms with E-state index in [-0.39, 0.29) is 11.5 Å². The van der Waals surface area contributed by atoms with Crippen molar-refractivity contribution in [3.63, 3.8) is 0 Å². The van der Waals surface area contributed by atoms with Crippen molar-refractivity contribution in [2.24, 2.45) is 0 Å². The van der Waals surface area contributed by atoms with Crippen molar-refractivity contribution in [2.45, 2.75) is 57.7 Å². The molecule has 30 heavy (non-hydrogen) atoms. The Morgan fingerprint density at radius 1 is 1.17 bits per heavy atom. The molecule has 158 valence electrons. The highest BCUT2D eigenvalue weighted by Crippen LogP contribution is 2.35. The molecule has 4 rings (SSSR count). The maximum absolute atomic E-state index is 12.6. The van der Waals surface area contributed by atoms with Crippen LogP contribution in [-0.4, -0.2) is 30.2 Å². The summed E-state index contributed by atoms with van der Waals surface area (Å²) in [5.41, 5.74) is 0.680. The molecule has 8 nitrogen and oxygen atoms in total. The molecule has 3 aromatic rings. The average Bonchev–Trinajstić information content (AvgIpc) is 3.50. The summed E-state index contributed by atoms with van der Waals surface area (Å²) < 4.78 is 4.64. The SMILES string of the molecule is O=C(CCCCCn1c(=S)[nH]c2ccccc2c1=O)NCc1n[nH]c(=S)n1C1CC1. The fraction of sp³-hybridized carbons (Fsp3) is 0.450. The molecule has 1 aliphatic rings. The van der Waals surface area contributed by atoms with Gasteiger partial charge in [0.05, 0.1) is 17.4 Å². The molecule has 1 fully saturated rings. The van der Waals surface area contributed by atoms with Crippen molar-refractivity contribution in [3.05, 3.63) is 50.0 Å². The lowest BCUT2D eigenvalue weighted by molar-refractivity contribution is -0.121. The number of aromatic nitrogens is 5. The molecule has 0 spiro atoms. The van der Waals surface area contributed by atoms with E-state index in [0.29, 0.717) is 40.5 Å². The number of carbonyl (C=O) groups is 1. The van der Waals surface area contributed by atoms with E-state index in [4.69, 9.17) is 24.4 Å². The van der Waals surface area contributed by atoms with E-state index in [9.17, 15) is 9.59 Å². The number of rotatable bonds is 9. The molecule has 0 aliphatic heterocycles. The van der Waals surface area contributed by atoms with Crippen LogP contribution in [0.15, 0.2) is 29.1 Å². The molecule has 2 heterocycles. The zero-order valence-electron chi connectivity index (χ0n) is 16.5. The second-order valence-electron chi connectivity index (χ2n) is 7.57. The number of nitrogens with one attached hydrogen (secondary N) is 3. The molecule has 0 saturated heterocycles. The molecule has 0 bridgehead atoms. The lowest BCUT2D eigenvalue weighted by atomic mass is 10.2. The summed E-state index contributed by atoms with van der Waals surface area (Å²) in [6.07, 6.45) is 5.03. The minimum Gasteiger partial charge on any atom is -0.349 e. The van der Waals surface area contributed by atoms with E-state index in [1.165, 1.54) is 0 Å². The number of hydrogen-bond donors (Lipinski definition) is 3. The summed E-state index contributed by atoms with van der Waals surface area (Å²) in [6.45, 7) is 0.918. The van der Waals surface area contributed by atoms with Crippen LogP contribution in [0.5, 0.6) is 0 Å². The molecular formula is C20H24N6O2S2. The van der Waals surface area contributed by atoms with E-state index in [0.717, 1.165) is 43.4 Å². The lowest BCUT2D eigenvalue weighted by Crippen LogP contribution is -2.24. The maximum Gasteiger partial charge on any atom is 0.262 e. The first kappa shape index (κ1) is 20.7. The van der Waals surface area contributed by atoms with E-state index in [1.807, 2.05) is 22.8 Å². The van der Waals surface area contributed by atoms with Crippen molar-refractivity contribution in [2.75, 3.05) is 0 Å². The van der Waals surface area contributed by atoms with Crippen LogP contribution in [-0.2, 0) is 17.9 Å². The highest BCUT2D eigenvalue weighted by atomic mass is 32.1. The number of unbranched alkanes of at least 4 members (excludes halogenated alkanes) is 2. The van der Waals surface area contributed by atoms with Gasteiger partial charge in [-0.3, -0.25) is 23.8 Å². The largest absolute Gasteiger partial charge is 0.349 e. The van der Waals surface area contributed by atoms with Crippen molar-refractivity contribution in [1.29, 1.82) is 0 Å². The van der Waals surface area contributed by atoms with Gasteiger partial charge in [0.1, 0.15) is 0 Å². The third kappa shape index (κ3) is 4.59. The van der Waals surface area contributed by atoms with E-state index >= 15 is 0 Å². The van der Waals surface area contributed by atoms with E-state index in [2.05, 4.69) is 20.5 Å². The average molecular weight is 445 g/mol. The Hall–Kier alpha value is -2.59. The van der Waals surface area contributed by atoms with E-state index < -0.39 is 0 Å². The first-order chi connectivity index (χ1) is 14.5. The lowest BCUT2D eigenvalue weighted by Gasteiger charge is -2.09. The monoisotopic (exact) mass is 444 g/mol. The molecule has 1 aromatic carbocycles. The normalized spacial score (nSPS) is 13.6. The summed E-state index contributed by atoms with van der Waals surface area (Å²) in [5.74, 6) is 0.771. The molecule has 10 heteroatoms. The van der Waals surface area contributed by atoms with Crippen LogP contribution in [0.4, 0.5) is 0 Å². The number of carbonyl (C=O) groups excluding carboxylic acids is 1. The Kier molecular flexibility index (Phi) is 6.24. The number of aromatic amines is 2. The number of benzene rings is 1. The van der Waals surface area contributed by atoms with Crippen LogP contribution in [0, 0.1) is 9.54 Å². The fourth-order valence-corrected chi connectivity index (χ4v) is 4.16. The molecule has 0 atom stereocenters. The Morgan fingerprint density at radius 3 is 2.77 bits per heavy atom. The van der Waals surface area contributed by atoms with Gasteiger partial charge in [-0.1, -0.05) is 18.6 Å². The maximum atomic E-state index is 12.6. The van der Waals surface area contributed by atoms with Gasteiger partial charge in [-0.05, 0) is 62.3 Å². The van der Waals surface area contributed by atoms with Crippen LogP contribution in [0.25, 0.3) is 10.9 Å². The summed E-state index contributed by atoms with van der Waals surface area (Å²) in [5, 5.41) is 10.6. The van der Waals surface area contributed by atoms with Gasteiger partial charge in [-0.2, -0.15) is 5.10 Å². The van der Waals surface area contributed by atoms with Gasteiger partial charge in [0.2, 0.25) is 5.91 Å². The minimum absolute atomic E-state index is 0.00794. The Morgan fingerprint density at radius 2 is 1.97 bits per heavy atom. The topological polar surface area (TPSA) is 100 Å². The zero-order chi connectivity index (χ0) is 21.1. The standard InChI is InChI=1S/C20H24N6O2S2/c27-17(21-12-16-23-24-20(30)26(16)13-9-10-13)8-2-1-5-11-25-18(28)14-6-3-4-7-15(14)22-19(25)29/h3-4,6-7,13H,1-2,5,8-12H2,(H,21,27)(H,22,29)(H,24,30). The van der Waals surface area contributed by atoms with Gasteiger partial charge in [0, 0.05) is 19.0 Å². The predicted octanol–water partition coefficient (Wildman–Crippen LogP) is 3.52. The quantitative estimate of drug-likeness (QED) is 0.346. The van der Waals surface area contributed by atoms with Crippen LogP contribution in [0.1, 0.15) is 50.4 Å². The zero-order valence-corrected chi connectivity index (χ0v) is 18.2. The summed E-state index contributed by atoms with van der Waals surface area (Å²) in [4.78, 5) is 27.9. The summed E-state index contributed by atoms with van der Waals surface area (Å²) in [7, 11) is 0. The minimum atomic E-state index is -0.0730. The van der Waals surface area contributed by atoms with Crippen molar-refractivity contribution in [1.82, 2.24) is 29.6 Å². The highest BCUT2D eigenvalue weighted by Gasteiger charge is 2.27. The molecule has 0 unspecified atom stereocenters. The smallest absolute Gasteiger partial charge is 0.262 e. The third-order valence-corrected chi connectivity index (χ3v) is 5.92. The number of nitrogens with zero attached hydrogens (tertiary/aromatic N) is 3. The predicted molar refractivity (Wildman–Crippen MR) is 119 cm³/mol. The number of para-hydroxylation sites is 1. The number of H-pyrrole nitrogens is 2. The Balaban J connectivity index is 1.23. The van der Waals surface area contributed by atoms with E-state index in [1.54, 1.807) is 10.6 Å². The Bertz CT molecular complexity index is 1230. The first-order valence-corrected chi connectivity index (χ1v) is 11.0. The molecule has 1 saturated carbocycles. The van der Waals surface area contributed by atoms with Gasteiger partial charge in [-0.25, -0.2) is 0 Å². The van der Waals surface area contributed by atoms with Crippen LogP contribution < -0.4 is 10.9 Å². The van der Waals surface area contributed by atoms with Crippen molar-refractivity contribution < 1.29 is 4.79 Å². The van der Waals surface area contributed by atoms with Crippen molar-refractivity contribution >= 4 is 41.2 Å². The second kappa shape index (κ2) is 9.05. The summed E-state index contributed by atoms with van der Waals surface area (Å²) in [6, 6.07) is 7.78. The summed E-state index contributed by atoms with van der Waals surface area (Å²) >= 11 is 10.6. The molecule has 1 amide bonds. The van der Waals surface area contributed by atoms with Gasteiger partial charge in [0.15, 0.2) is 15.4 Å². The number of amides is 1. The number of fused-ring (bicyclic) bond motifs is 1. The molecule has 3 N–H and O–H groups in total. The van der Waals surface area contributed by atoms with Crippen molar-refractivity contribution in [3.8, 4) is 0 Å². The van der Waals surface area contributed by atoms with Crippen LogP contribution >= 0.6 is 24.4 Å². The van der Waals surface area contributed by atoms with Gasteiger partial charge in [-0.15, -0.1) is 0 Å². The number of hydrogen-bond acceptors (Lipinski definition) is 5. The van der Waals surface area contributed by atoms with Crippen LogP contribution in [0.3, 0.4) is 0 Å². The second-order valence-corrected chi connectivity index (χ2v) is 8.34.